The van der Waals surface area contributed by atoms with Gasteiger partial charge in [-0.15, -0.1) is 0 Å². The average Bonchev–Trinajstić information content (AvgIpc) is 3.08. The molecule has 4 aromatic rings. The third kappa shape index (κ3) is 4.44. The molecule has 0 aliphatic carbocycles. The van der Waals surface area contributed by atoms with Gasteiger partial charge < -0.3 is 14.0 Å². The molecular formula is C25H25ClN2O2. The molecule has 0 radical (unpaired) electrons. The van der Waals surface area contributed by atoms with Crippen LogP contribution in [-0.4, -0.2) is 16.2 Å². The van der Waals surface area contributed by atoms with Crippen molar-refractivity contribution in [3.8, 4) is 11.5 Å². The second-order valence-corrected chi connectivity index (χ2v) is 7.87. The van der Waals surface area contributed by atoms with Crippen LogP contribution in [0.3, 0.4) is 0 Å². The first-order chi connectivity index (χ1) is 14.5. The van der Waals surface area contributed by atoms with Gasteiger partial charge in [-0.2, -0.15) is 0 Å². The maximum atomic E-state index is 6.26. The van der Waals surface area contributed by atoms with Crippen molar-refractivity contribution >= 4 is 22.6 Å². The Balaban J connectivity index is 1.51. The van der Waals surface area contributed by atoms with Crippen LogP contribution in [0.25, 0.3) is 11.0 Å². The van der Waals surface area contributed by atoms with Gasteiger partial charge in [0, 0.05) is 5.02 Å². The molecule has 5 heteroatoms. The number of nitrogens with zero attached hydrogens (tertiary/aromatic N) is 2. The van der Waals surface area contributed by atoms with E-state index in [1.54, 1.807) is 0 Å². The lowest BCUT2D eigenvalue weighted by atomic mass is 10.1. The fraction of sp³-hybridized carbons (Fsp3) is 0.240. The molecule has 30 heavy (non-hydrogen) atoms. The number of para-hydroxylation sites is 2. The zero-order valence-corrected chi connectivity index (χ0v) is 18.2. The standard InChI is InChI=1S/C25H25ClN2O2/c1-17-7-6-8-20(13-17)30-16-24-27-22-9-4-5-10-23(22)28(24)11-12-29-21-14-18(2)25(26)19(3)15-21/h4-10,13-15H,11-12,16H2,1-3H3. The van der Waals surface area contributed by atoms with E-state index in [1.807, 2.05) is 62.4 Å². The quantitative estimate of drug-likeness (QED) is 0.353. The molecule has 0 aliphatic rings. The van der Waals surface area contributed by atoms with E-state index in [0.29, 0.717) is 19.8 Å². The van der Waals surface area contributed by atoms with Crippen molar-refractivity contribution in [2.45, 2.75) is 33.9 Å². The molecule has 0 bridgehead atoms. The second-order valence-electron chi connectivity index (χ2n) is 7.49. The second kappa shape index (κ2) is 8.80. The first-order valence-corrected chi connectivity index (χ1v) is 10.4. The first kappa shape index (κ1) is 20.3. The third-order valence-corrected chi connectivity index (χ3v) is 5.68. The number of rotatable bonds is 7. The molecule has 154 valence electrons. The molecule has 0 fully saturated rings. The summed E-state index contributed by atoms with van der Waals surface area (Å²) >= 11 is 6.26. The topological polar surface area (TPSA) is 36.3 Å². The molecular weight excluding hydrogens is 396 g/mol. The van der Waals surface area contributed by atoms with Crippen molar-refractivity contribution in [3.63, 3.8) is 0 Å². The van der Waals surface area contributed by atoms with Crippen LogP contribution in [0.2, 0.25) is 5.02 Å². The molecule has 0 aliphatic heterocycles. The number of aryl methyl sites for hydroxylation is 3. The smallest absolute Gasteiger partial charge is 0.148 e. The zero-order chi connectivity index (χ0) is 21.1. The van der Waals surface area contributed by atoms with Crippen molar-refractivity contribution in [1.82, 2.24) is 9.55 Å². The fourth-order valence-corrected chi connectivity index (χ4v) is 3.69. The number of aromatic nitrogens is 2. The van der Waals surface area contributed by atoms with Gasteiger partial charge in [-0.05, 0) is 73.9 Å². The van der Waals surface area contributed by atoms with E-state index in [2.05, 4.69) is 23.6 Å². The minimum atomic E-state index is 0.400. The molecule has 3 aromatic carbocycles. The van der Waals surface area contributed by atoms with E-state index in [1.165, 1.54) is 5.56 Å². The summed E-state index contributed by atoms with van der Waals surface area (Å²) in [6.07, 6.45) is 0. The van der Waals surface area contributed by atoms with Gasteiger partial charge in [0.15, 0.2) is 0 Å². The summed E-state index contributed by atoms with van der Waals surface area (Å²) in [5.74, 6) is 2.55. The normalized spacial score (nSPS) is 11.1. The van der Waals surface area contributed by atoms with E-state index >= 15 is 0 Å². The van der Waals surface area contributed by atoms with Gasteiger partial charge in [0.25, 0.3) is 0 Å². The lowest BCUT2D eigenvalue weighted by Crippen LogP contribution is -2.13. The summed E-state index contributed by atoms with van der Waals surface area (Å²) in [6.45, 7) is 7.64. The van der Waals surface area contributed by atoms with Crippen LogP contribution in [0.15, 0.2) is 60.7 Å². The average molecular weight is 421 g/mol. The Morgan fingerprint density at radius 2 is 1.63 bits per heavy atom. The van der Waals surface area contributed by atoms with Crippen LogP contribution in [0.1, 0.15) is 22.5 Å². The van der Waals surface area contributed by atoms with E-state index in [4.69, 9.17) is 26.1 Å². The van der Waals surface area contributed by atoms with E-state index in [0.717, 1.165) is 44.5 Å². The minimum absolute atomic E-state index is 0.400. The number of halogens is 1. The van der Waals surface area contributed by atoms with E-state index in [-0.39, 0.29) is 0 Å². The Labute approximate surface area is 182 Å². The highest BCUT2D eigenvalue weighted by molar-refractivity contribution is 6.32. The summed E-state index contributed by atoms with van der Waals surface area (Å²) in [5.41, 5.74) is 5.24. The van der Waals surface area contributed by atoms with Crippen LogP contribution in [0.5, 0.6) is 11.5 Å². The fourth-order valence-electron chi connectivity index (χ4n) is 3.58. The highest BCUT2D eigenvalue weighted by Gasteiger charge is 2.12. The first-order valence-electron chi connectivity index (χ1n) is 10.0. The number of benzene rings is 3. The largest absolute Gasteiger partial charge is 0.492 e. The molecule has 1 aromatic heterocycles. The molecule has 0 atom stereocenters. The Bertz CT molecular complexity index is 1160. The van der Waals surface area contributed by atoms with E-state index < -0.39 is 0 Å². The van der Waals surface area contributed by atoms with Crippen molar-refractivity contribution in [2.75, 3.05) is 6.61 Å². The molecule has 0 saturated heterocycles. The molecule has 0 saturated carbocycles. The minimum Gasteiger partial charge on any atom is -0.492 e. The van der Waals surface area contributed by atoms with Gasteiger partial charge >= 0.3 is 0 Å². The van der Waals surface area contributed by atoms with Crippen LogP contribution >= 0.6 is 11.6 Å². The van der Waals surface area contributed by atoms with Crippen LogP contribution in [0.4, 0.5) is 0 Å². The maximum absolute atomic E-state index is 6.26. The number of hydrogen-bond donors (Lipinski definition) is 0. The highest BCUT2D eigenvalue weighted by atomic mass is 35.5. The van der Waals surface area contributed by atoms with Crippen LogP contribution in [-0.2, 0) is 13.2 Å². The number of hydrogen-bond acceptors (Lipinski definition) is 3. The monoisotopic (exact) mass is 420 g/mol. The molecule has 1 heterocycles. The number of fused-ring (bicyclic) bond motifs is 1. The number of imidazole rings is 1. The zero-order valence-electron chi connectivity index (χ0n) is 17.5. The Hall–Kier alpha value is -2.98. The van der Waals surface area contributed by atoms with Gasteiger partial charge in [-0.25, -0.2) is 4.98 Å². The van der Waals surface area contributed by atoms with Crippen molar-refractivity contribution < 1.29 is 9.47 Å². The Kier molecular flexibility index (Phi) is 5.96. The number of ether oxygens (including phenoxy) is 2. The maximum Gasteiger partial charge on any atom is 0.148 e. The van der Waals surface area contributed by atoms with Crippen LogP contribution in [0, 0.1) is 20.8 Å². The summed E-state index contributed by atoms with van der Waals surface area (Å²) in [6, 6.07) is 20.1. The Morgan fingerprint density at radius 3 is 2.40 bits per heavy atom. The molecule has 0 spiro atoms. The predicted octanol–water partition coefficient (Wildman–Crippen LogP) is 6.27. The summed E-state index contributed by atoms with van der Waals surface area (Å²) in [7, 11) is 0. The SMILES string of the molecule is Cc1cccc(OCc2nc3ccccc3n2CCOc2cc(C)c(Cl)c(C)c2)c1. The summed E-state index contributed by atoms with van der Waals surface area (Å²) in [5, 5.41) is 0.790. The highest BCUT2D eigenvalue weighted by Crippen LogP contribution is 2.26. The molecule has 4 rings (SSSR count). The van der Waals surface area contributed by atoms with Gasteiger partial charge in [0.1, 0.15) is 30.5 Å². The summed E-state index contributed by atoms with van der Waals surface area (Å²) < 4.78 is 14.2. The van der Waals surface area contributed by atoms with Gasteiger partial charge in [-0.1, -0.05) is 35.9 Å². The van der Waals surface area contributed by atoms with Crippen molar-refractivity contribution in [3.05, 3.63) is 88.2 Å². The van der Waals surface area contributed by atoms with Gasteiger partial charge in [0.2, 0.25) is 0 Å². The lowest BCUT2D eigenvalue weighted by molar-refractivity contribution is 0.272. The Morgan fingerprint density at radius 1 is 0.867 bits per heavy atom. The van der Waals surface area contributed by atoms with Crippen LogP contribution < -0.4 is 9.47 Å². The lowest BCUT2D eigenvalue weighted by Gasteiger charge is -2.13. The van der Waals surface area contributed by atoms with E-state index in [9.17, 15) is 0 Å². The molecule has 0 amide bonds. The van der Waals surface area contributed by atoms with Gasteiger partial charge in [0.05, 0.1) is 17.6 Å². The van der Waals surface area contributed by atoms with Gasteiger partial charge in [-0.3, -0.25) is 0 Å². The molecule has 0 N–H and O–H groups in total. The summed E-state index contributed by atoms with van der Waals surface area (Å²) in [4.78, 5) is 4.78. The predicted molar refractivity (Wildman–Crippen MR) is 122 cm³/mol. The third-order valence-electron chi connectivity index (χ3n) is 5.08. The molecule has 0 unspecified atom stereocenters. The van der Waals surface area contributed by atoms with Crippen molar-refractivity contribution in [2.24, 2.45) is 0 Å². The molecule has 4 nitrogen and oxygen atoms in total. The van der Waals surface area contributed by atoms with Crippen molar-refractivity contribution in [1.29, 1.82) is 0 Å².